The molecule has 0 bridgehead atoms. The third-order valence-electron chi connectivity index (χ3n) is 2.34. The number of carboxylic acids is 1. The lowest BCUT2D eigenvalue weighted by Gasteiger charge is -2.09. The summed E-state index contributed by atoms with van der Waals surface area (Å²) in [6, 6.07) is 8.40. The van der Waals surface area contributed by atoms with Crippen LogP contribution < -0.4 is 0 Å². The van der Waals surface area contributed by atoms with E-state index in [1.165, 1.54) is 10.5 Å². The van der Waals surface area contributed by atoms with Crippen molar-refractivity contribution in [2.24, 2.45) is 5.92 Å². The molecule has 88 valence electrons. The van der Waals surface area contributed by atoms with E-state index in [1.54, 1.807) is 0 Å². The lowest BCUT2D eigenvalue weighted by molar-refractivity contribution is -0.137. The maximum absolute atomic E-state index is 10.5. The Morgan fingerprint density at radius 2 is 2.00 bits per heavy atom. The van der Waals surface area contributed by atoms with E-state index in [-0.39, 0.29) is 12.3 Å². The molecule has 16 heavy (non-hydrogen) atoms. The number of hydrogen-bond acceptors (Lipinski definition) is 2. The molecule has 1 rings (SSSR count). The normalized spacial score (nSPS) is 12.4. The maximum atomic E-state index is 10.5. The third-order valence-corrected chi connectivity index (χ3v) is 3.24. The van der Waals surface area contributed by atoms with Gasteiger partial charge in [0.2, 0.25) is 0 Å². The molecule has 0 spiro atoms. The summed E-state index contributed by atoms with van der Waals surface area (Å²) < 4.78 is 0. The van der Waals surface area contributed by atoms with Gasteiger partial charge >= 0.3 is 5.97 Å². The average molecular weight is 238 g/mol. The molecule has 1 N–H and O–H groups in total. The summed E-state index contributed by atoms with van der Waals surface area (Å²) in [4.78, 5) is 11.8. The van der Waals surface area contributed by atoms with Crippen LogP contribution in [0.3, 0.4) is 0 Å². The van der Waals surface area contributed by atoms with Crippen molar-refractivity contribution in [2.75, 3.05) is 5.75 Å². The summed E-state index contributed by atoms with van der Waals surface area (Å²) >= 11 is 1.82. The average Bonchev–Trinajstić information content (AvgIpc) is 2.20. The van der Waals surface area contributed by atoms with Gasteiger partial charge in [-0.2, -0.15) is 0 Å². The van der Waals surface area contributed by atoms with Crippen LogP contribution >= 0.6 is 11.8 Å². The van der Waals surface area contributed by atoms with Crippen LogP contribution in [0.5, 0.6) is 0 Å². The van der Waals surface area contributed by atoms with Gasteiger partial charge in [-0.05, 0) is 35.8 Å². The highest BCUT2D eigenvalue weighted by molar-refractivity contribution is 7.99. The fourth-order valence-corrected chi connectivity index (χ4v) is 2.32. The Labute approximate surface area is 101 Å². The predicted octanol–water partition coefficient (Wildman–Crippen LogP) is 3.45. The third kappa shape index (κ3) is 4.71. The van der Waals surface area contributed by atoms with Crippen molar-refractivity contribution in [3.8, 4) is 0 Å². The highest BCUT2D eigenvalue weighted by Crippen LogP contribution is 2.19. The monoisotopic (exact) mass is 238 g/mol. The molecule has 0 aliphatic carbocycles. The fraction of sp³-hybridized carbons (Fsp3) is 0.462. The molecule has 0 radical (unpaired) electrons. The highest BCUT2D eigenvalue weighted by atomic mass is 32.2. The van der Waals surface area contributed by atoms with Crippen LogP contribution in [0.1, 0.15) is 25.8 Å². The largest absolute Gasteiger partial charge is 0.481 e. The van der Waals surface area contributed by atoms with Crippen LogP contribution in [0, 0.1) is 5.92 Å². The molecule has 1 aromatic rings. The van der Waals surface area contributed by atoms with Crippen molar-refractivity contribution >= 4 is 17.7 Å². The summed E-state index contributed by atoms with van der Waals surface area (Å²) in [5, 5.41) is 8.67. The summed E-state index contributed by atoms with van der Waals surface area (Å²) in [6.45, 7) is 4.11. The Balaban J connectivity index is 2.51. The Kier molecular flexibility index (Phi) is 5.39. The van der Waals surface area contributed by atoms with Gasteiger partial charge in [0.25, 0.3) is 0 Å². The molecule has 2 nitrogen and oxygen atoms in total. The van der Waals surface area contributed by atoms with E-state index in [2.05, 4.69) is 31.2 Å². The van der Waals surface area contributed by atoms with Crippen molar-refractivity contribution in [2.45, 2.75) is 31.6 Å². The number of rotatable bonds is 6. The molecule has 0 saturated heterocycles. The molecule has 0 aromatic heterocycles. The Morgan fingerprint density at radius 1 is 1.38 bits per heavy atom. The summed E-state index contributed by atoms with van der Waals surface area (Å²) in [5.41, 5.74) is 1.22. The van der Waals surface area contributed by atoms with E-state index in [0.29, 0.717) is 0 Å². The molecule has 0 aliphatic heterocycles. The second kappa shape index (κ2) is 6.59. The van der Waals surface area contributed by atoms with Crippen molar-refractivity contribution in [1.82, 2.24) is 0 Å². The number of thioether (sulfide) groups is 1. The summed E-state index contributed by atoms with van der Waals surface area (Å²) in [7, 11) is 0. The topological polar surface area (TPSA) is 37.3 Å². The van der Waals surface area contributed by atoms with Crippen LogP contribution in [0.4, 0.5) is 0 Å². The van der Waals surface area contributed by atoms with Crippen molar-refractivity contribution in [3.05, 3.63) is 29.8 Å². The van der Waals surface area contributed by atoms with Gasteiger partial charge in [-0.25, -0.2) is 0 Å². The minimum atomic E-state index is -0.717. The van der Waals surface area contributed by atoms with Gasteiger partial charge in [0.1, 0.15) is 0 Å². The first kappa shape index (κ1) is 13.1. The zero-order chi connectivity index (χ0) is 12.0. The van der Waals surface area contributed by atoms with E-state index in [1.807, 2.05) is 18.7 Å². The molecule has 0 saturated carbocycles. The zero-order valence-corrected chi connectivity index (χ0v) is 10.6. The highest BCUT2D eigenvalue weighted by Gasteiger charge is 2.08. The number of benzene rings is 1. The van der Waals surface area contributed by atoms with Crippen molar-refractivity contribution in [3.63, 3.8) is 0 Å². The Hall–Kier alpha value is -0.960. The molecule has 1 unspecified atom stereocenters. The van der Waals surface area contributed by atoms with Crippen LogP contribution in [-0.4, -0.2) is 16.8 Å². The van der Waals surface area contributed by atoms with Gasteiger partial charge in [-0.15, -0.1) is 11.8 Å². The molecule has 3 heteroatoms. The number of carbonyl (C=O) groups is 1. The lowest BCUT2D eigenvalue weighted by Crippen LogP contribution is -2.06. The van der Waals surface area contributed by atoms with Gasteiger partial charge in [-0.3, -0.25) is 4.79 Å². The molecule has 0 fully saturated rings. The zero-order valence-electron chi connectivity index (χ0n) is 9.77. The van der Waals surface area contributed by atoms with Gasteiger partial charge in [0.15, 0.2) is 0 Å². The second-order valence-corrected chi connectivity index (χ2v) is 5.32. The molecule has 0 heterocycles. The fourth-order valence-electron chi connectivity index (χ4n) is 1.66. The number of hydrogen-bond donors (Lipinski definition) is 1. The molecular formula is C13H18O2S. The maximum Gasteiger partial charge on any atom is 0.303 e. The van der Waals surface area contributed by atoms with E-state index >= 15 is 0 Å². The second-order valence-electron chi connectivity index (χ2n) is 3.98. The van der Waals surface area contributed by atoms with Crippen LogP contribution in [-0.2, 0) is 11.2 Å². The minimum absolute atomic E-state index is 0.196. The molecule has 1 aromatic carbocycles. The summed E-state index contributed by atoms with van der Waals surface area (Å²) in [6.07, 6.45) is 1.08. The first-order valence-electron chi connectivity index (χ1n) is 5.55. The first-order valence-corrected chi connectivity index (χ1v) is 6.54. The molecular weight excluding hydrogens is 220 g/mol. The van der Waals surface area contributed by atoms with Crippen LogP contribution in [0.15, 0.2) is 29.2 Å². The standard InChI is InChI=1S/C13H18O2S/c1-3-16-12-6-4-11(5-7-12)8-10(2)9-13(14)15/h4-7,10H,3,8-9H2,1-2H3,(H,14,15). The SMILES string of the molecule is CCSc1ccc(CC(C)CC(=O)O)cc1. The molecule has 1 atom stereocenters. The predicted molar refractivity (Wildman–Crippen MR) is 68.0 cm³/mol. The molecule has 0 aliphatic rings. The van der Waals surface area contributed by atoms with Crippen molar-refractivity contribution < 1.29 is 9.90 Å². The first-order chi connectivity index (χ1) is 7.61. The van der Waals surface area contributed by atoms with Gasteiger partial charge in [0.05, 0.1) is 0 Å². The number of aliphatic carboxylic acids is 1. The van der Waals surface area contributed by atoms with E-state index in [9.17, 15) is 4.79 Å². The van der Waals surface area contributed by atoms with Crippen LogP contribution in [0.25, 0.3) is 0 Å². The van der Waals surface area contributed by atoms with Gasteiger partial charge < -0.3 is 5.11 Å². The minimum Gasteiger partial charge on any atom is -0.481 e. The Bertz CT molecular complexity index is 332. The molecule has 0 amide bonds. The van der Waals surface area contributed by atoms with E-state index in [0.717, 1.165) is 12.2 Å². The van der Waals surface area contributed by atoms with Gasteiger partial charge in [0, 0.05) is 11.3 Å². The summed E-state index contributed by atoms with van der Waals surface area (Å²) in [5.74, 6) is 0.558. The number of carboxylic acid groups (broad SMARTS) is 1. The lowest BCUT2D eigenvalue weighted by atomic mass is 9.98. The smallest absolute Gasteiger partial charge is 0.303 e. The van der Waals surface area contributed by atoms with E-state index in [4.69, 9.17) is 5.11 Å². The Morgan fingerprint density at radius 3 is 2.50 bits per heavy atom. The van der Waals surface area contributed by atoms with Crippen molar-refractivity contribution in [1.29, 1.82) is 0 Å². The van der Waals surface area contributed by atoms with Crippen LogP contribution in [0.2, 0.25) is 0 Å². The van der Waals surface area contributed by atoms with Gasteiger partial charge in [-0.1, -0.05) is 26.0 Å². The quantitative estimate of drug-likeness (QED) is 0.771. The van der Waals surface area contributed by atoms with E-state index < -0.39 is 5.97 Å².